The summed E-state index contributed by atoms with van der Waals surface area (Å²) in [7, 11) is 0. The van der Waals surface area contributed by atoms with Gasteiger partial charge in [-0.3, -0.25) is 4.79 Å². The fourth-order valence-electron chi connectivity index (χ4n) is 7.80. The SMILES string of the molecule is C[C@H](CO)[C@H]1CC(=O)C23[C@@H]4C=C(CO)CC[C@@H]4[C@@]2(C)CC[C@]13C. The molecule has 3 heteroatoms. The Hall–Kier alpha value is -0.670. The molecule has 128 valence electrons. The van der Waals surface area contributed by atoms with E-state index in [0.717, 1.165) is 31.3 Å². The van der Waals surface area contributed by atoms with E-state index in [1.54, 1.807) is 0 Å². The van der Waals surface area contributed by atoms with Gasteiger partial charge in [0, 0.05) is 18.4 Å². The molecule has 23 heavy (non-hydrogen) atoms. The topological polar surface area (TPSA) is 57.5 Å². The van der Waals surface area contributed by atoms with Gasteiger partial charge in [-0.25, -0.2) is 0 Å². The van der Waals surface area contributed by atoms with Crippen molar-refractivity contribution in [3.05, 3.63) is 11.6 Å². The molecular weight excluding hydrogens is 288 g/mol. The van der Waals surface area contributed by atoms with Gasteiger partial charge in [-0.15, -0.1) is 0 Å². The van der Waals surface area contributed by atoms with E-state index < -0.39 is 0 Å². The Morgan fingerprint density at radius 3 is 2.61 bits per heavy atom. The van der Waals surface area contributed by atoms with E-state index in [0.29, 0.717) is 30.0 Å². The molecule has 4 rings (SSSR count). The molecule has 4 aliphatic carbocycles. The van der Waals surface area contributed by atoms with Crippen LogP contribution in [0, 0.1) is 39.9 Å². The number of hydrogen-bond acceptors (Lipinski definition) is 3. The van der Waals surface area contributed by atoms with Crippen molar-refractivity contribution >= 4 is 5.78 Å². The van der Waals surface area contributed by atoms with Crippen molar-refractivity contribution in [1.82, 2.24) is 0 Å². The summed E-state index contributed by atoms with van der Waals surface area (Å²) in [5, 5.41) is 19.3. The molecule has 0 aromatic carbocycles. The van der Waals surface area contributed by atoms with Gasteiger partial charge in [0.25, 0.3) is 0 Å². The standard InChI is InChI=1S/C20H30O3/c1-12(10-21)15-9-17(23)20-16-8-13(11-22)4-5-14(16)18(20,2)6-7-19(15,20)3/h8,12,14-16,21-22H,4-7,9-11H2,1-3H3/t12-,14+,15-,16-,18-,19-,20?/m1/s1. The number of allylic oxidation sites excluding steroid dienone is 1. The second-order valence-electron chi connectivity index (χ2n) is 9.19. The van der Waals surface area contributed by atoms with Crippen molar-refractivity contribution in [3.8, 4) is 0 Å². The zero-order valence-electron chi connectivity index (χ0n) is 14.6. The zero-order chi connectivity index (χ0) is 16.6. The maximum atomic E-state index is 13.4. The van der Waals surface area contributed by atoms with Crippen molar-refractivity contribution in [2.45, 2.75) is 52.9 Å². The normalized spacial score (nSPS) is 52.3. The van der Waals surface area contributed by atoms with Crippen LogP contribution in [0.25, 0.3) is 0 Å². The Kier molecular flexibility index (Phi) is 3.23. The number of fused-ring (bicyclic) bond motifs is 2. The molecule has 3 saturated carbocycles. The molecule has 0 bridgehead atoms. The number of ketones is 1. The highest BCUT2D eigenvalue weighted by Crippen LogP contribution is 2.85. The summed E-state index contributed by atoms with van der Waals surface area (Å²) >= 11 is 0. The minimum atomic E-state index is -0.237. The van der Waals surface area contributed by atoms with Gasteiger partial charge in [-0.05, 0) is 65.8 Å². The first-order valence-corrected chi connectivity index (χ1v) is 9.31. The quantitative estimate of drug-likeness (QED) is 0.787. The summed E-state index contributed by atoms with van der Waals surface area (Å²) in [5.41, 5.74) is 1.03. The first-order chi connectivity index (χ1) is 10.9. The molecule has 7 atom stereocenters. The second-order valence-corrected chi connectivity index (χ2v) is 9.19. The van der Waals surface area contributed by atoms with E-state index >= 15 is 0 Å². The lowest BCUT2D eigenvalue weighted by molar-refractivity contribution is -0.203. The van der Waals surface area contributed by atoms with Crippen LogP contribution in [0.15, 0.2) is 11.6 Å². The molecule has 0 aromatic heterocycles. The van der Waals surface area contributed by atoms with E-state index in [2.05, 4.69) is 26.8 Å². The second kappa shape index (κ2) is 4.70. The minimum absolute atomic E-state index is 0.0105. The lowest BCUT2D eigenvalue weighted by atomic mass is 9.34. The number of aliphatic hydroxyl groups excluding tert-OH is 2. The Balaban J connectivity index is 1.84. The predicted octanol–water partition coefficient (Wildman–Crippen LogP) is 2.96. The Morgan fingerprint density at radius 1 is 1.26 bits per heavy atom. The molecule has 4 aliphatic rings. The van der Waals surface area contributed by atoms with Crippen LogP contribution in [0.1, 0.15) is 52.9 Å². The molecular formula is C20H30O3. The van der Waals surface area contributed by atoms with Gasteiger partial charge in [0.05, 0.1) is 6.61 Å². The average Bonchev–Trinajstić information content (AvgIpc) is 2.92. The molecule has 0 saturated heterocycles. The predicted molar refractivity (Wildman–Crippen MR) is 88.6 cm³/mol. The highest BCUT2D eigenvalue weighted by Gasteiger charge is 2.83. The third kappa shape index (κ3) is 1.48. The number of carbonyl (C=O) groups is 1. The highest BCUT2D eigenvalue weighted by molar-refractivity contribution is 5.92. The van der Waals surface area contributed by atoms with Crippen molar-refractivity contribution < 1.29 is 15.0 Å². The van der Waals surface area contributed by atoms with Gasteiger partial charge in [0.15, 0.2) is 0 Å². The lowest BCUT2D eigenvalue weighted by Gasteiger charge is -2.68. The molecule has 0 amide bonds. The number of aliphatic hydroxyl groups is 2. The number of Topliss-reactive ketones (excluding diaryl/α,β-unsaturated/α-hetero) is 1. The summed E-state index contributed by atoms with van der Waals surface area (Å²) in [6.45, 7) is 7.10. The molecule has 0 heterocycles. The first-order valence-electron chi connectivity index (χ1n) is 9.31. The molecule has 0 aromatic rings. The van der Waals surface area contributed by atoms with E-state index in [1.807, 2.05) is 0 Å². The van der Waals surface area contributed by atoms with Gasteiger partial charge in [0.2, 0.25) is 0 Å². The smallest absolute Gasteiger partial charge is 0.141 e. The maximum Gasteiger partial charge on any atom is 0.141 e. The van der Waals surface area contributed by atoms with Crippen LogP contribution < -0.4 is 0 Å². The fourth-order valence-corrected chi connectivity index (χ4v) is 7.80. The van der Waals surface area contributed by atoms with E-state index in [9.17, 15) is 15.0 Å². The number of carbonyl (C=O) groups excluding carboxylic acids is 1. The Bertz CT molecular complexity index is 581. The molecule has 3 fully saturated rings. The molecule has 2 N–H and O–H groups in total. The molecule has 1 unspecified atom stereocenters. The van der Waals surface area contributed by atoms with E-state index in [-0.39, 0.29) is 35.4 Å². The third-order valence-corrected chi connectivity index (χ3v) is 8.75. The highest BCUT2D eigenvalue weighted by atomic mass is 16.3. The van der Waals surface area contributed by atoms with Gasteiger partial charge >= 0.3 is 0 Å². The summed E-state index contributed by atoms with van der Waals surface area (Å²) in [6, 6.07) is 0. The van der Waals surface area contributed by atoms with Crippen LogP contribution >= 0.6 is 0 Å². The number of hydrogen-bond donors (Lipinski definition) is 2. The zero-order valence-corrected chi connectivity index (χ0v) is 14.6. The van der Waals surface area contributed by atoms with Crippen LogP contribution in [0.5, 0.6) is 0 Å². The minimum Gasteiger partial charge on any atom is -0.396 e. The van der Waals surface area contributed by atoms with Crippen molar-refractivity contribution in [1.29, 1.82) is 0 Å². The molecule has 3 nitrogen and oxygen atoms in total. The fraction of sp³-hybridized carbons (Fsp3) is 0.850. The van der Waals surface area contributed by atoms with Crippen molar-refractivity contribution in [2.24, 2.45) is 39.9 Å². The summed E-state index contributed by atoms with van der Waals surface area (Å²) in [6.07, 6.45) is 7.28. The van der Waals surface area contributed by atoms with Crippen LogP contribution in [0.2, 0.25) is 0 Å². The van der Waals surface area contributed by atoms with E-state index in [1.165, 1.54) is 0 Å². The van der Waals surface area contributed by atoms with Gasteiger partial charge < -0.3 is 10.2 Å². The van der Waals surface area contributed by atoms with Crippen LogP contribution in [0.3, 0.4) is 0 Å². The molecule has 0 aliphatic heterocycles. The molecule has 1 spiro atoms. The lowest BCUT2D eigenvalue weighted by Crippen LogP contribution is -2.68. The maximum absolute atomic E-state index is 13.4. The van der Waals surface area contributed by atoms with Gasteiger partial charge in [-0.2, -0.15) is 0 Å². The van der Waals surface area contributed by atoms with E-state index in [4.69, 9.17) is 0 Å². The summed E-state index contributed by atoms with van der Waals surface area (Å²) in [4.78, 5) is 13.4. The Labute approximate surface area is 139 Å². The first kappa shape index (κ1) is 15.8. The van der Waals surface area contributed by atoms with Crippen LogP contribution in [-0.4, -0.2) is 29.2 Å². The largest absolute Gasteiger partial charge is 0.396 e. The van der Waals surface area contributed by atoms with Gasteiger partial charge in [-0.1, -0.05) is 26.8 Å². The Morgan fingerprint density at radius 2 is 1.96 bits per heavy atom. The summed E-state index contributed by atoms with van der Waals surface area (Å²) < 4.78 is 0. The van der Waals surface area contributed by atoms with Crippen LogP contribution in [0.4, 0.5) is 0 Å². The average molecular weight is 318 g/mol. The molecule has 0 radical (unpaired) electrons. The van der Waals surface area contributed by atoms with Crippen LogP contribution in [-0.2, 0) is 4.79 Å². The monoisotopic (exact) mass is 318 g/mol. The van der Waals surface area contributed by atoms with Gasteiger partial charge in [0.1, 0.15) is 5.78 Å². The van der Waals surface area contributed by atoms with Crippen molar-refractivity contribution in [2.75, 3.05) is 13.2 Å². The summed E-state index contributed by atoms with van der Waals surface area (Å²) in [5.74, 6) is 1.86. The number of rotatable bonds is 3. The third-order valence-electron chi connectivity index (χ3n) is 8.75. The van der Waals surface area contributed by atoms with Crippen molar-refractivity contribution in [3.63, 3.8) is 0 Å².